The highest BCUT2D eigenvalue weighted by atomic mass is 16.4. The summed E-state index contributed by atoms with van der Waals surface area (Å²) in [6.45, 7) is 12.5. The molecule has 0 aromatic rings. The highest BCUT2D eigenvalue weighted by molar-refractivity contribution is 5.10. The molecule has 4 fully saturated rings. The lowest BCUT2D eigenvalue weighted by atomic mass is 9.44. The number of ether oxygens (including phenoxy) is 1. The van der Waals surface area contributed by atoms with E-state index in [-0.39, 0.29) is 11.5 Å². The van der Waals surface area contributed by atoms with E-state index in [4.69, 9.17) is 0 Å². The Hall–Kier alpha value is -0.0800. The predicted molar refractivity (Wildman–Crippen MR) is 132 cm³/mol. The second kappa shape index (κ2) is 10.5. The zero-order valence-corrected chi connectivity index (χ0v) is 22.0. The van der Waals surface area contributed by atoms with Gasteiger partial charge in [0.15, 0.2) is 0 Å². The molecule has 0 heterocycles. The molecule has 0 aromatic heterocycles. The van der Waals surface area contributed by atoms with Crippen molar-refractivity contribution in [3.63, 3.8) is 0 Å². The summed E-state index contributed by atoms with van der Waals surface area (Å²) in [6, 6.07) is 0. The van der Waals surface area contributed by atoms with Gasteiger partial charge >= 0.3 is 0 Å². The van der Waals surface area contributed by atoms with E-state index in [0.717, 1.165) is 47.8 Å². The standard InChI is InChI=1S/C27H48O.C2H6O/c1-18(2)8-6-9-19(3)22-14-15-23-21-13-12-20-10-7-11-25(28)27(20,5)24(21)16-17-26(22,23)4;1-3-2/h18-25,28H,6-17H2,1-5H3;1-2H3/t19-,20+,21+,22-,23+,24+,25?,26-,27+;/m1./s1. The van der Waals surface area contributed by atoms with E-state index in [1.54, 1.807) is 14.2 Å². The third-order valence-corrected chi connectivity index (χ3v) is 10.9. The SMILES string of the molecule is CC(C)CCC[C@@H](C)[C@H]1CC[C@H]2[C@@H]3CC[C@@H]4CCCC(O)[C@]4(C)[C@H]3CC[C@]12C.COC. The largest absolute Gasteiger partial charge is 0.393 e. The zero-order chi connectivity index (χ0) is 22.8. The zero-order valence-electron chi connectivity index (χ0n) is 22.0. The lowest BCUT2D eigenvalue weighted by Crippen LogP contribution is -2.57. The predicted octanol–water partition coefficient (Wildman–Crippen LogP) is 7.73. The summed E-state index contributed by atoms with van der Waals surface area (Å²) in [6.07, 6.45) is 16.6. The molecule has 9 atom stereocenters. The maximum absolute atomic E-state index is 11.1. The Morgan fingerprint density at radius 1 is 0.871 bits per heavy atom. The Labute approximate surface area is 194 Å². The first-order valence-electron chi connectivity index (χ1n) is 13.8. The fourth-order valence-electron chi connectivity index (χ4n) is 9.34. The van der Waals surface area contributed by atoms with Crippen LogP contribution in [0.4, 0.5) is 0 Å². The smallest absolute Gasteiger partial charge is 0.0599 e. The number of rotatable bonds is 5. The van der Waals surface area contributed by atoms with Crippen LogP contribution in [-0.2, 0) is 4.74 Å². The van der Waals surface area contributed by atoms with Crippen LogP contribution in [0, 0.1) is 52.3 Å². The van der Waals surface area contributed by atoms with Crippen LogP contribution in [0.1, 0.15) is 112 Å². The second-order valence-corrected chi connectivity index (χ2v) is 12.9. The molecule has 0 radical (unpaired) electrons. The molecule has 31 heavy (non-hydrogen) atoms. The molecule has 2 nitrogen and oxygen atoms in total. The summed E-state index contributed by atoms with van der Waals surface area (Å²) >= 11 is 0. The van der Waals surface area contributed by atoms with Crippen molar-refractivity contribution in [1.82, 2.24) is 0 Å². The summed E-state index contributed by atoms with van der Waals surface area (Å²) in [7, 11) is 3.25. The lowest BCUT2D eigenvalue weighted by Gasteiger charge is -2.62. The molecule has 182 valence electrons. The average molecular weight is 435 g/mol. The van der Waals surface area contributed by atoms with Crippen molar-refractivity contribution in [2.45, 2.75) is 118 Å². The molecule has 0 bridgehead atoms. The van der Waals surface area contributed by atoms with E-state index in [0.29, 0.717) is 5.41 Å². The van der Waals surface area contributed by atoms with Crippen LogP contribution in [0.25, 0.3) is 0 Å². The molecular formula is C29H54O2. The number of hydrogen-bond acceptors (Lipinski definition) is 2. The minimum Gasteiger partial charge on any atom is -0.393 e. The average Bonchev–Trinajstić information content (AvgIpc) is 3.06. The third-order valence-electron chi connectivity index (χ3n) is 10.9. The molecule has 1 N–H and O–H groups in total. The monoisotopic (exact) mass is 434 g/mol. The maximum Gasteiger partial charge on any atom is 0.0599 e. The highest BCUT2D eigenvalue weighted by Gasteiger charge is 2.61. The number of fused-ring (bicyclic) bond motifs is 5. The van der Waals surface area contributed by atoms with E-state index in [1.807, 2.05) is 0 Å². The van der Waals surface area contributed by atoms with Crippen LogP contribution in [0.2, 0.25) is 0 Å². The highest BCUT2D eigenvalue weighted by Crippen LogP contribution is 2.68. The van der Waals surface area contributed by atoms with Crippen molar-refractivity contribution in [2.75, 3.05) is 14.2 Å². The van der Waals surface area contributed by atoms with E-state index in [1.165, 1.54) is 70.6 Å². The summed E-state index contributed by atoms with van der Waals surface area (Å²) in [5.41, 5.74) is 0.810. The van der Waals surface area contributed by atoms with Gasteiger partial charge in [-0.3, -0.25) is 0 Å². The first kappa shape index (κ1) is 25.5. The van der Waals surface area contributed by atoms with Gasteiger partial charge in [-0.05, 0) is 104 Å². The van der Waals surface area contributed by atoms with Gasteiger partial charge in [-0.1, -0.05) is 60.3 Å². The molecular weight excluding hydrogens is 380 g/mol. The van der Waals surface area contributed by atoms with Crippen molar-refractivity contribution >= 4 is 0 Å². The Balaban J connectivity index is 0.000000858. The van der Waals surface area contributed by atoms with Gasteiger partial charge in [0.25, 0.3) is 0 Å². The first-order valence-corrected chi connectivity index (χ1v) is 13.8. The van der Waals surface area contributed by atoms with E-state index in [9.17, 15) is 5.11 Å². The van der Waals surface area contributed by atoms with Gasteiger partial charge in [-0.15, -0.1) is 0 Å². The van der Waals surface area contributed by atoms with Crippen molar-refractivity contribution in [1.29, 1.82) is 0 Å². The molecule has 4 saturated carbocycles. The maximum atomic E-state index is 11.1. The van der Waals surface area contributed by atoms with Crippen LogP contribution >= 0.6 is 0 Å². The number of aliphatic hydroxyl groups is 1. The van der Waals surface area contributed by atoms with Crippen LogP contribution in [0.5, 0.6) is 0 Å². The fourth-order valence-corrected chi connectivity index (χ4v) is 9.34. The number of hydrogen-bond donors (Lipinski definition) is 1. The molecule has 4 aliphatic rings. The Morgan fingerprint density at radius 2 is 1.58 bits per heavy atom. The topological polar surface area (TPSA) is 29.5 Å². The molecule has 0 saturated heterocycles. The lowest BCUT2D eigenvalue weighted by molar-refractivity contribution is -0.164. The third kappa shape index (κ3) is 4.77. The summed E-state index contributed by atoms with van der Waals surface area (Å²) < 4.78 is 4.25. The molecule has 0 spiro atoms. The number of aliphatic hydroxyl groups excluding tert-OH is 1. The molecule has 4 rings (SSSR count). The Bertz CT molecular complexity index is 559. The minimum atomic E-state index is -0.0319. The van der Waals surface area contributed by atoms with Crippen molar-refractivity contribution < 1.29 is 9.84 Å². The molecule has 0 amide bonds. The van der Waals surface area contributed by atoms with Gasteiger partial charge in [0, 0.05) is 14.2 Å². The van der Waals surface area contributed by atoms with Crippen molar-refractivity contribution in [3.8, 4) is 0 Å². The first-order chi connectivity index (χ1) is 14.7. The summed E-state index contributed by atoms with van der Waals surface area (Å²) in [4.78, 5) is 0. The molecule has 0 aliphatic heterocycles. The number of methoxy groups -OCH3 is 1. The molecule has 1 unspecified atom stereocenters. The van der Waals surface area contributed by atoms with E-state index in [2.05, 4.69) is 39.4 Å². The second-order valence-electron chi connectivity index (χ2n) is 12.9. The van der Waals surface area contributed by atoms with Crippen LogP contribution in [-0.4, -0.2) is 25.4 Å². The van der Waals surface area contributed by atoms with Gasteiger partial charge in [0.1, 0.15) is 0 Å². The fraction of sp³-hybridized carbons (Fsp3) is 1.00. The van der Waals surface area contributed by atoms with Gasteiger partial charge in [-0.2, -0.15) is 0 Å². The normalized spacial score (nSPS) is 45.2. The summed E-state index contributed by atoms with van der Waals surface area (Å²) in [5, 5.41) is 11.1. The molecule has 2 heteroatoms. The van der Waals surface area contributed by atoms with Gasteiger partial charge < -0.3 is 9.84 Å². The molecule has 4 aliphatic carbocycles. The van der Waals surface area contributed by atoms with Crippen LogP contribution in [0.15, 0.2) is 0 Å². The summed E-state index contributed by atoms with van der Waals surface area (Å²) in [5.74, 6) is 6.15. The minimum absolute atomic E-state index is 0.0319. The Kier molecular flexibility index (Phi) is 8.62. The van der Waals surface area contributed by atoms with Gasteiger partial charge in [-0.25, -0.2) is 0 Å². The quantitative estimate of drug-likeness (QED) is 0.479. The van der Waals surface area contributed by atoms with Crippen LogP contribution < -0.4 is 0 Å². The van der Waals surface area contributed by atoms with Crippen LogP contribution in [0.3, 0.4) is 0 Å². The molecule has 0 aromatic carbocycles. The van der Waals surface area contributed by atoms with Gasteiger partial charge in [0.05, 0.1) is 6.10 Å². The van der Waals surface area contributed by atoms with Crippen molar-refractivity contribution in [3.05, 3.63) is 0 Å². The van der Waals surface area contributed by atoms with E-state index < -0.39 is 0 Å². The van der Waals surface area contributed by atoms with E-state index >= 15 is 0 Å². The Morgan fingerprint density at radius 3 is 2.26 bits per heavy atom. The van der Waals surface area contributed by atoms with Gasteiger partial charge in [0.2, 0.25) is 0 Å². The van der Waals surface area contributed by atoms with Crippen molar-refractivity contribution in [2.24, 2.45) is 52.3 Å².